The van der Waals surface area contributed by atoms with E-state index in [4.69, 9.17) is 4.74 Å². The van der Waals surface area contributed by atoms with Gasteiger partial charge in [0.25, 0.3) is 5.91 Å². The van der Waals surface area contributed by atoms with Crippen molar-refractivity contribution in [2.75, 3.05) is 19.6 Å². The second kappa shape index (κ2) is 7.34. The van der Waals surface area contributed by atoms with Crippen molar-refractivity contribution < 1.29 is 14.3 Å². The average Bonchev–Trinajstić information content (AvgIpc) is 2.89. The quantitative estimate of drug-likeness (QED) is 0.918. The van der Waals surface area contributed by atoms with Crippen LogP contribution < -0.4 is 5.32 Å². The molecule has 0 radical (unpaired) electrons. The molecule has 1 aliphatic heterocycles. The molecule has 0 aliphatic carbocycles. The maximum atomic E-state index is 12.5. The Hall–Kier alpha value is -1.56. The summed E-state index contributed by atoms with van der Waals surface area (Å²) in [5.74, 6) is 0.534. The number of carbonyl (C=O) groups excluding carboxylic acids is 2. The van der Waals surface area contributed by atoms with Crippen molar-refractivity contribution >= 4 is 23.3 Å². The standard InChI is InChI=1S/C17H26N2O3S/c1-12-7-10-23-14(12)15(20)19-8-5-13(6-9-19)11-18-16(21)22-17(2,3)4/h7,10,13H,5-6,8-9,11H2,1-4H3,(H,18,21). The molecule has 0 aromatic carbocycles. The fourth-order valence-electron chi connectivity index (χ4n) is 2.62. The molecule has 128 valence electrons. The normalized spacial score (nSPS) is 16.3. The summed E-state index contributed by atoms with van der Waals surface area (Å²) in [6.07, 6.45) is 1.45. The van der Waals surface area contributed by atoms with Gasteiger partial charge < -0.3 is 15.0 Å². The molecule has 2 amide bonds. The first-order valence-electron chi connectivity index (χ1n) is 8.06. The number of carbonyl (C=O) groups is 2. The van der Waals surface area contributed by atoms with Crippen molar-refractivity contribution in [3.8, 4) is 0 Å². The molecule has 0 bridgehead atoms. The first kappa shape index (κ1) is 17.8. The minimum Gasteiger partial charge on any atom is -0.444 e. The zero-order valence-electron chi connectivity index (χ0n) is 14.3. The summed E-state index contributed by atoms with van der Waals surface area (Å²) < 4.78 is 5.24. The van der Waals surface area contributed by atoms with Crippen molar-refractivity contribution in [2.24, 2.45) is 5.92 Å². The molecule has 6 heteroatoms. The van der Waals surface area contributed by atoms with Crippen LogP contribution in [-0.2, 0) is 4.74 Å². The molecule has 23 heavy (non-hydrogen) atoms. The number of thiophene rings is 1. The van der Waals surface area contributed by atoms with E-state index in [-0.39, 0.29) is 12.0 Å². The molecule has 1 fully saturated rings. The topological polar surface area (TPSA) is 58.6 Å². The summed E-state index contributed by atoms with van der Waals surface area (Å²) >= 11 is 1.51. The number of rotatable bonds is 3. The highest BCUT2D eigenvalue weighted by Crippen LogP contribution is 2.22. The molecule has 1 aliphatic rings. The van der Waals surface area contributed by atoms with E-state index in [1.54, 1.807) is 0 Å². The molecule has 0 unspecified atom stereocenters. The van der Waals surface area contributed by atoms with Gasteiger partial charge in [-0.3, -0.25) is 4.79 Å². The van der Waals surface area contributed by atoms with Crippen LogP contribution in [-0.4, -0.2) is 42.1 Å². The van der Waals surface area contributed by atoms with E-state index in [2.05, 4.69) is 5.32 Å². The van der Waals surface area contributed by atoms with Crippen molar-refractivity contribution in [3.05, 3.63) is 21.9 Å². The zero-order chi connectivity index (χ0) is 17.0. The lowest BCUT2D eigenvalue weighted by atomic mass is 9.96. The smallest absolute Gasteiger partial charge is 0.407 e. The van der Waals surface area contributed by atoms with Crippen LogP contribution in [0, 0.1) is 12.8 Å². The Kier molecular flexibility index (Phi) is 5.68. The van der Waals surface area contributed by atoms with Gasteiger partial charge in [-0.25, -0.2) is 4.79 Å². The molecular formula is C17H26N2O3S. The molecule has 1 saturated heterocycles. The van der Waals surface area contributed by atoms with Gasteiger partial charge >= 0.3 is 6.09 Å². The summed E-state index contributed by atoms with van der Waals surface area (Å²) in [5.41, 5.74) is 0.576. The van der Waals surface area contributed by atoms with Crippen molar-refractivity contribution in [3.63, 3.8) is 0 Å². The number of amides is 2. The molecule has 0 spiro atoms. The minimum atomic E-state index is -0.474. The van der Waals surface area contributed by atoms with Gasteiger partial charge in [0.15, 0.2) is 0 Å². The highest BCUT2D eigenvalue weighted by Gasteiger charge is 2.25. The van der Waals surface area contributed by atoms with Crippen LogP contribution in [0.3, 0.4) is 0 Å². The Morgan fingerprint density at radius 1 is 1.35 bits per heavy atom. The Labute approximate surface area is 142 Å². The Morgan fingerprint density at radius 3 is 2.52 bits per heavy atom. The number of hydrogen-bond donors (Lipinski definition) is 1. The molecule has 5 nitrogen and oxygen atoms in total. The van der Waals surface area contributed by atoms with Crippen LogP contribution in [0.2, 0.25) is 0 Å². The number of likely N-dealkylation sites (tertiary alicyclic amines) is 1. The van der Waals surface area contributed by atoms with Crippen LogP contribution in [0.25, 0.3) is 0 Å². The fraction of sp³-hybridized carbons (Fsp3) is 0.647. The highest BCUT2D eigenvalue weighted by atomic mass is 32.1. The van der Waals surface area contributed by atoms with Crippen molar-refractivity contribution in [1.29, 1.82) is 0 Å². The molecule has 1 aromatic heterocycles. The third kappa shape index (κ3) is 5.23. The van der Waals surface area contributed by atoms with Gasteiger partial charge in [-0.05, 0) is 63.5 Å². The third-order valence-corrected chi connectivity index (χ3v) is 4.90. The van der Waals surface area contributed by atoms with Gasteiger partial charge in [0.2, 0.25) is 0 Å². The molecule has 1 N–H and O–H groups in total. The van der Waals surface area contributed by atoms with E-state index in [0.717, 1.165) is 36.4 Å². The summed E-state index contributed by atoms with van der Waals surface area (Å²) in [6, 6.07) is 1.98. The number of alkyl carbamates (subject to hydrolysis) is 1. The SMILES string of the molecule is Cc1ccsc1C(=O)N1CCC(CNC(=O)OC(C)(C)C)CC1. The highest BCUT2D eigenvalue weighted by molar-refractivity contribution is 7.12. The van der Waals surface area contributed by atoms with E-state index in [9.17, 15) is 9.59 Å². The largest absolute Gasteiger partial charge is 0.444 e. The van der Waals surface area contributed by atoms with Gasteiger partial charge in [0, 0.05) is 19.6 Å². The van der Waals surface area contributed by atoms with Crippen LogP contribution in [0.5, 0.6) is 0 Å². The number of hydrogen-bond acceptors (Lipinski definition) is 4. The number of nitrogens with zero attached hydrogens (tertiary/aromatic N) is 1. The van der Waals surface area contributed by atoms with E-state index in [1.165, 1.54) is 11.3 Å². The maximum absolute atomic E-state index is 12.5. The summed E-state index contributed by atoms with van der Waals surface area (Å²) in [5, 5.41) is 4.79. The van der Waals surface area contributed by atoms with Gasteiger partial charge in [-0.15, -0.1) is 11.3 Å². The number of nitrogens with one attached hydrogen (secondary N) is 1. The van der Waals surface area contributed by atoms with Crippen LogP contribution >= 0.6 is 11.3 Å². The lowest BCUT2D eigenvalue weighted by Gasteiger charge is -2.32. The van der Waals surface area contributed by atoms with Gasteiger partial charge in [-0.1, -0.05) is 0 Å². The Morgan fingerprint density at radius 2 is 2.00 bits per heavy atom. The van der Waals surface area contributed by atoms with Crippen LogP contribution in [0.1, 0.15) is 48.8 Å². The van der Waals surface area contributed by atoms with Gasteiger partial charge in [0.1, 0.15) is 5.60 Å². The Bertz CT molecular complexity index is 554. The summed E-state index contributed by atoms with van der Waals surface area (Å²) in [4.78, 5) is 26.9. The number of piperidine rings is 1. The molecular weight excluding hydrogens is 312 g/mol. The second-order valence-electron chi connectivity index (χ2n) is 7.05. The van der Waals surface area contributed by atoms with E-state index < -0.39 is 5.60 Å². The van der Waals surface area contributed by atoms with Crippen molar-refractivity contribution in [2.45, 2.75) is 46.1 Å². The Balaban J connectivity index is 1.75. The van der Waals surface area contributed by atoms with E-state index in [1.807, 2.05) is 44.0 Å². The average molecular weight is 338 g/mol. The molecule has 0 atom stereocenters. The van der Waals surface area contributed by atoms with Crippen LogP contribution in [0.15, 0.2) is 11.4 Å². The molecule has 2 heterocycles. The molecule has 1 aromatic rings. The lowest BCUT2D eigenvalue weighted by molar-refractivity contribution is 0.0500. The maximum Gasteiger partial charge on any atom is 0.407 e. The van der Waals surface area contributed by atoms with Crippen LogP contribution in [0.4, 0.5) is 4.79 Å². The first-order chi connectivity index (χ1) is 10.8. The second-order valence-corrected chi connectivity index (χ2v) is 7.97. The molecule has 2 rings (SSSR count). The van der Waals surface area contributed by atoms with Gasteiger partial charge in [0.05, 0.1) is 4.88 Å². The monoisotopic (exact) mass is 338 g/mol. The predicted molar refractivity (Wildman–Crippen MR) is 91.9 cm³/mol. The van der Waals surface area contributed by atoms with E-state index >= 15 is 0 Å². The minimum absolute atomic E-state index is 0.135. The third-order valence-electron chi connectivity index (χ3n) is 3.89. The summed E-state index contributed by atoms with van der Waals surface area (Å²) in [7, 11) is 0. The number of aryl methyl sites for hydroxylation is 1. The predicted octanol–water partition coefficient (Wildman–Crippen LogP) is 3.43. The lowest BCUT2D eigenvalue weighted by Crippen LogP contribution is -2.42. The van der Waals surface area contributed by atoms with E-state index in [0.29, 0.717) is 12.5 Å². The van der Waals surface area contributed by atoms with Crippen molar-refractivity contribution in [1.82, 2.24) is 10.2 Å². The van der Waals surface area contributed by atoms with Gasteiger partial charge in [-0.2, -0.15) is 0 Å². The zero-order valence-corrected chi connectivity index (χ0v) is 15.2. The number of ether oxygens (including phenoxy) is 1. The molecule has 0 saturated carbocycles. The fourth-order valence-corrected chi connectivity index (χ4v) is 3.51. The summed E-state index contributed by atoms with van der Waals surface area (Å²) in [6.45, 7) is 9.62. The first-order valence-corrected chi connectivity index (χ1v) is 8.94.